The van der Waals surface area contributed by atoms with E-state index in [1.807, 2.05) is 13.8 Å². The lowest BCUT2D eigenvalue weighted by Crippen LogP contribution is -2.51. The molecule has 2 aliphatic heterocycles. The van der Waals surface area contributed by atoms with E-state index in [9.17, 15) is 22.7 Å². The molecule has 1 aromatic carbocycles. The molecular weight excluding hydrogens is 425 g/mol. The minimum absolute atomic E-state index is 0.00443. The molecular formula is C20H30FN5O4S. The Kier molecular flexibility index (Phi) is 6.32. The van der Waals surface area contributed by atoms with Crippen LogP contribution in [0.2, 0.25) is 0 Å². The number of guanidine groups is 1. The number of hydrogen-bond donors (Lipinski definition) is 3. The third kappa shape index (κ3) is 4.26. The van der Waals surface area contributed by atoms with Gasteiger partial charge in [-0.2, -0.15) is 4.31 Å². The molecule has 9 nitrogen and oxygen atoms in total. The second-order valence-corrected chi connectivity index (χ2v) is 10.8. The number of nitrogens with one attached hydrogen (secondary N) is 1. The maximum absolute atomic E-state index is 14.1. The van der Waals surface area contributed by atoms with Gasteiger partial charge < -0.3 is 5.11 Å². The molecule has 31 heavy (non-hydrogen) atoms. The zero-order chi connectivity index (χ0) is 23.1. The molecule has 1 unspecified atom stereocenters. The SMILES string of the molecule is CC(C)CC1(C)C(=O)N(CC2CCN(S(=O)(=O)c3ccc(O)cc3F)CC2)C(=N)N1N. The Morgan fingerprint density at radius 2 is 1.94 bits per heavy atom. The molecule has 0 saturated carbocycles. The number of nitrogens with zero attached hydrogens (tertiary/aromatic N) is 3. The van der Waals surface area contributed by atoms with Crippen LogP contribution < -0.4 is 5.84 Å². The number of phenols is 1. The van der Waals surface area contributed by atoms with Crippen LogP contribution in [0.1, 0.15) is 40.0 Å². The van der Waals surface area contributed by atoms with E-state index in [4.69, 9.17) is 11.3 Å². The van der Waals surface area contributed by atoms with E-state index in [-0.39, 0.29) is 42.5 Å². The Bertz CT molecular complexity index is 978. The predicted molar refractivity (Wildman–Crippen MR) is 113 cm³/mol. The molecule has 1 amide bonds. The van der Waals surface area contributed by atoms with E-state index < -0.39 is 26.3 Å². The summed E-state index contributed by atoms with van der Waals surface area (Å²) in [7, 11) is -4.03. The smallest absolute Gasteiger partial charge is 0.256 e. The normalized spacial score (nSPS) is 23.9. The van der Waals surface area contributed by atoms with Gasteiger partial charge in [0.05, 0.1) is 0 Å². The Balaban J connectivity index is 1.66. The van der Waals surface area contributed by atoms with Gasteiger partial charge >= 0.3 is 0 Å². The van der Waals surface area contributed by atoms with Crippen molar-refractivity contribution in [2.75, 3.05) is 19.6 Å². The van der Waals surface area contributed by atoms with E-state index in [1.54, 1.807) is 6.92 Å². The summed E-state index contributed by atoms with van der Waals surface area (Å²) >= 11 is 0. The monoisotopic (exact) mass is 455 g/mol. The third-order valence-corrected chi connectivity index (χ3v) is 8.01. The van der Waals surface area contributed by atoms with Crippen LogP contribution in [0, 0.1) is 23.1 Å². The first-order valence-electron chi connectivity index (χ1n) is 10.3. The number of phenolic OH excluding ortho intramolecular Hbond substituents is 1. The van der Waals surface area contributed by atoms with Gasteiger partial charge in [0, 0.05) is 25.7 Å². The average Bonchev–Trinajstić information content (AvgIpc) is 2.83. The number of sulfonamides is 1. The molecule has 0 spiro atoms. The van der Waals surface area contributed by atoms with Gasteiger partial charge in [-0.3, -0.25) is 20.1 Å². The van der Waals surface area contributed by atoms with Crippen molar-refractivity contribution in [2.24, 2.45) is 17.7 Å². The van der Waals surface area contributed by atoms with Crippen LogP contribution in [0.5, 0.6) is 5.75 Å². The number of aromatic hydroxyl groups is 1. The van der Waals surface area contributed by atoms with E-state index in [1.165, 1.54) is 14.2 Å². The van der Waals surface area contributed by atoms with E-state index in [2.05, 4.69) is 0 Å². The molecule has 0 radical (unpaired) electrons. The summed E-state index contributed by atoms with van der Waals surface area (Å²) in [5, 5.41) is 18.8. The number of carbonyl (C=O) groups is 1. The molecule has 2 heterocycles. The molecule has 0 bridgehead atoms. The van der Waals surface area contributed by atoms with Crippen molar-refractivity contribution in [1.82, 2.24) is 14.2 Å². The van der Waals surface area contributed by atoms with Crippen LogP contribution in [0.25, 0.3) is 0 Å². The molecule has 4 N–H and O–H groups in total. The highest BCUT2D eigenvalue weighted by atomic mass is 32.2. The highest BCUT2D eigenvalue weighted by Gasteiger charge is 2.52. The van der Waals surface area contributed by atoms with Crippen LogP contribution >= 0.6 is 0 Å². The minimum atomic E-state index is -4.03. The van der Waals surface area contributed by atoms with Gasteiger partial charge in [0.15, 0.2) is 0 Å². The molecule has 1 atom stereocenters. The topological polar surface area (TPSA) is 131 Å². The lowest BCUT2D eigenvalue weighted by Gasteiger charge is -2.33. The van der Waals surface area contributed by atoms with Crippen LogP contribution in [-0.2, 0) is 14.8 Å². The number of hydrogen-bond acceptors (Lipinski definition) is 6. The van der Waals surface area contributed by atoms with Crippen LogP contribution in [0.4, 0.5) is 4.39 Å². The number of piperidine rings is 1. The molecule has 2 fully saturated rings. The van der Waals surface area contributed by atoms with Crippen molar-refractivity contribution in [3.05, 3.63) is 24.0 Å². The second kappa shape index (κ2) is 8.36. The van der Waals surface area contributed by atoms with Crippen molar-refractivity contribution in [2.45, 2.75) is 50.5 Å². The number of nitrogens with two attached hydrogens (primary N) is 1. The summed E-state index contributed by atoms with van der Waals surface area (Å²) in [4.78, 5) is 13.9. The molecule has 3 rings (SSSR count). The van der Waals surface area contributed by atoms with Crippen molar-refractivity contribution in [1.29, 1.82) is 5.41 Å². The lowest BCUT2D eigenvalue weighted by molar-refractivity contribution is -0.133. The van der Waals surface area contributed by atoms with E-state index in [0.717, 1.165) is 18.2 Å². The minimum Gasteiger partial charge on any atom is -0.508 e. The van der Waals surface area contributed by atoms with Crippen molar-refractivity contribution < 1.29 is 22.7 Å². The first-order chi connectivity index (χ1) is 14.4. The summed E-state index contributed by atoms with van der Waals surface area (Å²) in [6.07, 6.45) is 1.47. The van der Waals surface area contributed by atoms with E-state index in [0.29, 0.717) is 25.8 Å². The largest absolute Gasteiger partial charge is 0.508 e. The number of halogens is 1. The Hall–Kier alpha value is -2.24. The molecule has 1 aromatic rings. The number of amides is 1. The summed E-state index contributed by atoms with van der Waals surface area (Å²) in [5.41, 5.74) is -0.967. The molecule has 11 heteroatoms. The van der Waals surface area contributed by atoms with Crippen molar-refractivity contribution in [3.8, 4) is 5.75 Å². The average molecular weight is 456 g/mol. The summed E-state index contributed by atoms with van der Waals surface area (Å²) in [6, 6.07) is 2.97. The molecule has 2 aliphatic rings. The van der Waals surface area contributed by atoms with Gasteiger partial charge in [-0.15, -0.1) is 0 Å². The Morgan fingerprint density at radius 1 is 1.32 bits per heavy atom. The second-order valence-electron chi connectivity index (χ2n) is 8.94. The highest BCUT2D eigenvalue weighted by Crippen LogP contribution is 2.33. The first-order valence-corrected chi connectivity index (χ1v) is 11.8. The van der Waals surface area contributed by atoms with Crippen LogP contribution in [0.15, 0.2) is 23.1 Å². The van der Waals surface area contributed by atoms with Gasteiger partial charge in [0.25, 0.3) is 5.91 Å². The Labute approximate surface area is 182 Å². The summed E-state index contributed by atoms with van der Waals surface area (Å²) < 4.78 is 40.9. The number of rotatable bonds is 6. The highest BCUT2D eigenvalue weighted by molar-refractivity contribution is 7.89. The van der Waals surface area contributed by atoms with Gasteiger partial charge in [-0.1, -0.05) is 13.8 Å². The van der Waals surface area contributed by atoms with Gasteiger partial charge in [0.2, 0.25) is 16.0 Å². The van der Waals surface area contributed by atoms with Gasteiger partial charge in [0.1, 0.15) is 22.0 Å². The maximum Gasteiger partial charge on any atom is 0.256 e. The van der Waals surface area contributed by atoms with Crippen LogP contribution in [0.3, 0.4) is 0 Å². The van der Waals surface area contributed by atoms with Crippen molar-refractivity contribution >= 4 is 21.9 Å². The first kappa shape index (κ1) is 23.4. The molecule has 2 saturated heterocycles. The van der Waals surface area contributed by atoms with Crippen LogP contribution in [-0.4, -0.2) is 64.8 Å². The quantitative estimate of drug-likeness (QED) is 0.560. The summed E-state index contributed by atoms with van der Waals surface area (Å²) in [5.74, 6) is 4.69. The lowest BCUT2D eigenvalue weighted by atomic mass is 9.90. The number of carbonyl (C=O) groups excluding carboxylic acids is 1. The zero-order valence-corrected chi connectivity index (χ0v) is 18.8. The summed E-state index contributed by atoms with van der Waals surface area (Å²) in [6.45, 7) is 6.37. The standard InChI is InChI=1S/C20H30FN5O4S/c1-13(2)11-20(3)18(28)25(19(22)26(20)23)12-14-6-8-24(9-7-14)31(29,30)17-5-4-15(27)10-16(17)21/h4-5,10,13-14,22,27H,6-9,11-12,23H2,1-3H3. The predicted octanol–water partition coefficient (Wildman–Crippen LogP) is 1.69. The number of benzene rings is 1. The zero-order valence-electron chi connectivity index (χ0n) is 18.0. The van der Waals surface area contributed by atoms with Crippen molar-refractivity contribution in [3.63, 3.8) is 0 Å². The molecule has 172 valence electrons. The fraction of sp³-hybridized carbons (Fsp3) is 0.600. The maximum atomic E-state index is 14.1. The number of hydrazine groups is 1. The van der Waals surface area contributed by atoms with Gasteiger partial charge in [-0.05, 0) is 50.2 Å². The third-order valence-electron chi connectivity index (χ3n) is 6.07. The molecule has 0 aliphatic carbocycles. The fourth-order valence-corrected chi connectivity index (χ4v) is 5.95. The van der Waals surface area contributed by atoms with Gasteiger partial charge in [-0.25, -0.2) is 18.7 Å². The van der Waals surface area contributed by atoms with E-state index >= 15 is 0 Å². The fourth-order valence-electron chi connectivity index (χ4n) is 4.43. The Morgan fingerprint density at radius 3 is 2.48 bits per heavy atom. The molecule has 0 aromatic heterocycles.